The van der Waals surface area contributed by atoms with Gasteiger partial charge in [-0.2, -0.15) is 0 Å². The normalized spacial score (nSPS) is 14.5. The molecule has 10 heavy (non-hydrogen) atoms. The molecule has 0 spiro atoms. The van der Waals surface area contributed by atoms with Crippen molar-refractivity contribution in [2.45, 2.75) is 6.04 Å². The van der Waals surface area contributed by atoms with Crippen LogP contribution in [-0.2, 0) is 4.79 Å². The highest BCUT2D eigenvalue weighted by Crippen LogP contribution is 1.82. The van der Waals surface area contributed by atoms with E-state index in [0.717, 1.165) is 6.26 Å². The summed E-state index contributed by atoms with van der Waals surface area (Å²) in [6, 6.07) is -1.00. The molecule has 1 atom stereocenters. The van der Waals surface area contributed by atoms with Crippen LogP contribution < -0.4 is 5.73 Å². The Morgan fingerprint density at radius 1 is 1.50 bits per heavy atom. The molecule has 0 fully saturated rings. The maximum absolute atomic E-state index is 10.0. The molecule has 4 N–H and O–H groups in total. The van der Waals surface area contributed by atoms with Crippen molar-refractivity contribution in [2.24, 2.45) is 5.73 Å². The lowest BCUT2D eigenvalue weighted by Gasteiger charge is -1.94. The Morgan fingerprint density at radius 3 is 2.50 bits per heavy atom. The van der Waals surface area contributed by atoms with E-state index in [1.54, 1.807) is 0 Å². The Hall–Kier alpha value is -1.29. The van der Waals surface area contributed by atoms with Gasteiger partial charge in [-0.15, -0.1) is 0 Å². The fourth-order valence-corrected chi connectivity index (χ4v) is 0.316. The molecule has 0 heterocycles. The zero-order valence-electron chi connectivity index (χ0n) is 5.27. The lowest BCUT2D eigenvalue weighted by molar-refractivity contribution is -0.137. The van der Waals surface area contributed by atoms with Crippen molar-refractivity contribution in [1.82, 2.24) is 0 Å². The van der Waals surface area contributed by atoms with Gasteiger partial charge < -0.3 is 15.9 Å². The topological polar surface area (TPSA) is 83.5 Å². The number of carbonyl (C=O) groups is 1. The van der Waals surface area contributed by atoms with Crippen LogP contribution in [0.3, 0.4) is 0 Å². The van der Waals surface area contributed by atoms with Gasteiger partial charge in [-0.05, 0) is 6.08 Å². The second-order valence-electron chi connectivity index (χ2n) is 1.59. The molecule has 4 heteroatoms. The molecular weight excluding hydrogens is 134 g/mol. The lowest BCUT2D eigenvalue weighted by atomic mass is 10.3. The molecule has 0 saturated carbocycles. The number of carboxylic acid groups (broad SMARTS) is 1. The fraction of sp³-hybridized carbons (Fsp3) is 0.167. The second-order valence-corrected chi connectivity index (χ2v) is 1.59. The third kappa shape index (κ3) is 3.68. The van der Waals surface area contributed by atoms with Crippen LogP contribution in [-0.4, -0.2) is 22.2 Å². The molecular formula is C6H9NO3. The average molecular weight is 143 g/mol. The maximum Gasteiger partial charge on any atom is 0.324 e. The van der Waals surface area contributed by atoms with E-state index in [1.807, 2.05) is 0 Å². The lowest BCUT2D eigenvalue weighted by Crippen LogP contribution is -2.27. The Bertz CT molecular complexity index is 162. The second kappa shape index (κ2) is 4.58. The number of hydrogen-bond acceptors (Lipinski definition) is 3. The van der Waals surface area contributed by atoms with Gasteiger partial charge in [0.1, 0.15) is 6.04 Å². The zero-order valence-corrected chi connectivity index (χ0v) is 5.27. The largest absolute Gasteiger partial charge is 0.516 e. The summed E-state index contributed by atoms with van der Waals surface area (Å²) in [7, 11) is 0. The van der Waals surface area contributed by atoms with Crippen molar-refractivity contribution >= 4 is 5.97 Å². The number of nitrogens with two attached hydrogens (primary N) is 1. The first-order chi connectivity index (χ1) is 4.68. The van der Waals surface area contributed by atoms with Crippen molar-refractivity contribution in [3.05, 3.63) is 24.5 Å². The Balaban J connectivity index is 3.77. The molecule has 0 aliphatic carbocycles. The van der Waals surface area contributed by atoms with Gasteiger partial charge in [0.25, 0.3) is 0 Å². The van der Waals surface area contributed by atoms with Gasteiger partial charge in [0.15, 0.2) is 0 Å². The first-order valence-corrected chi connectivity index (χ1v) is 2.64. The standard InChI is InChI=1S/C6H9NO3/c7-5(6(9)10)3-1-2-4-8/h1-5,8H,7H2,(H,9,10)/b3-1-,4-2-. The van der Waals surface area contributed by atoms with E-state index in [4.69, 9.17) is 15.9 Å². The number of allylic oxidation sites excluding steroid dienone is 2. The molecule has 0 aliphatic rings. The highest BCUT2D eigenvalue weighted by atomic mass is 16.4. The van der Waals surface area contributed by atoms with E-state index in [-0.39, 0.29) is 0 Å². The summed E-state index contributed by atoms with van der Waals surface area (Å²) in [5, 5.41) is 16.3. The Morgan fingerprint density at radius 2 is 2.10 bits per heavy atom. The quantitative estimate of drug-likeness (QED) is 0.384. The van der Waals surface area contributed by atoms with E-state index >= 15 is 0 Å². The minimum Gasteiger partial charge on any atom is -0.516 e. The summed E-state index contributed by atoms with van der Waals surface area (Å²) >= 11 is 0. The summed E-state index contributed by atoms with van der Waals surface area (Å²) in [6.45, 7) is 0. The van der Waals surface area contributed by atoms with Gasteiger partial charge >= 0.3 is 5.97 Å². The molecule has 0 aromatic carbocycles. The van der Waals surface area contributed by atoms with Crippen LogP contribution in [0.4, 0.5) is 0 Å². The van der Waals surface area contributed by atoms with Crippen molar-refractivity contribution in [3.8, 4) is 0 Å². The summed E-state index contributed by atoms with van der Waals surface area (Å²) in [5.74, 6) is -1.09. The third-order valence-electron chi connectivity index (χ3n) is 0.801. The minimum absolute atomic E-state index is 0.797. The van der Waals surface area contributed by atoms with Gasteiger partial charge in [-0.1, -0.05) is 12.2 Å². The molecule has 0 aromatic rings. The van der Waals surface area contributed by atoms with Crippen LogP contribution >= 0.6 is 0 Å². The third-order valence-corrected chi connectivity index (χ3v) is 0.801. The fourth-order valence-electron chi connectivity index (χ4n) is 0.316. The molecule has 0 aliphatic heterocycles. The summed E-state index contributed by atoms with van der Waals surface area (Å²) < 4.78 is 0. The number of hydrogen-bond donors (Lipinski definition) is 3. The predicted molar refractivity (Wildman–Crippen MR) is 36.5 cm³/mol. The number of aliphatic carboxylic acids is 1. The smallest absolute Gasteiger partial charge is 0.324 e. The van der Waals surface area contributed by atoms with E-state index in [0.29, 0.717) is 0 Å². The molecule has 0 aromatic heterocycles. The number of aliphatic hydroxyl groups excluding tert-OH is 1. The van der Waals surface area contributed by atoms with Crippen LogP contribution in [0.2, 0.25) is 0 Å². The van der Waals surface area contributed by atoms with E-state index in [2.05, 4.69) is 0 Å². The molecule has 1 unspecified atom stereocenters. The molecule has 0 amide bonds. The first kappa shape index (κ1) is 8.71. The van der Waals surface area contributed by atoms with E-state index in [9.17, 15) is 4.79 Å². The van der Waals surface area contributed by atoms with Crippen LogP contribution in [0.5, 0.6) is 0 Å². The highest BCUT2D eigenvalue weighted by Gasteiger charge is 2.04. The van der Waals surface area contributed by atoms with Crippen LogP contribution in [0.15, 0.2) is 24.5 Å². The maximum atomic E-state index is 10.0. The van der Waals surface area contributed by atoms with Gasteiger partial charge in [-0.3, -0.25) is 4.79 Å². The average Bonchev–Trinajstić information content (AvgIpc) is 1.88. The molecule has 0 rings (SSSR count). The molecule has 56 valence electrons. The highest BCUT2D eigenvalue weighted by molar-refractivity contribution is 5.75. The molecule has 0 bridgehead atoms. The number of rotatable bonds is 3. The summed E-state index contributed by atoms with van der Waals surface area (Å²) in [4.78, 5) is 10.0. The zero-order chi connectivity index (χ0) is 7.98. The van der Waals surface area contributed by atoms with Crippen LogP contribution in [0.25, 0.3) is 0 Å². The minimum atomic E-state index is -1.09. The molecule has 4 nitrogen and oxygen atoms in total. The molecule has 0 radical (unpaired) electrons. The Kier molecular flexibility index (Phi) is 3.99. The monoisotopic (exact) mass is 143 g/mol. The van der Waals surface area contributed by atoms with Crippen LogP contribution in [0, 0.1) is 0 Å². The summed E-state index contributed by atoms with van der Waals surface area (Å²) in [6.07, 6.45) is 4.70. The Labute approximate surface area is 58.3 Å². The van der Waals surface area contributed by atoms with Crippen molar-refractivity contribution in [3.63, 3.8) is 0 Å². The van der Waals surface area contributed by atoms with E-state index < -0.39 is 12.0 Å². The number of aliphatic hydroxyl groups is 1. The van der Waals surface area contributed by atoms with E-state index in [1.165, 1.54) is 18.2 Å². The van der Waals surface area contributed by atoms with Gasteiger partial charge in [0.05, 0.1) is 6.26 Å². The first-order valence-electron chi connectivity index (χ1n) is 2.64. The van der Waals surface area contributed by atoms with Gasteiger partial charge in [0.2, 0.25) is 0 Å². The predicted octanol–water partition coefficient (Wildman–Crippen LogP) is 0.0262. The number of carboxylic acids is 1. The van der Waals surface area contributed by atoms with Gasteiger partial charge in [-0.25, -0.2) is 0 Å². The summed E-state index contributed by atoms with van der Waals surface area (Å²) in [5.41, 5.74) is 5.06. The van der Waals surface area contributed by atoms with Crippen LogP contribution in [0.1, 0.15) is 0 Å². The van der Waals surface area contributed by atoms with Crippen molar-refractivity contribution < 1.29 is 15.0 Å². The SMILES string of the molecule is NC(/C=C\C=C/O)C(=O)O. The van der Waals surface area contributed by atoms with Gasteiger partial charge in [0, 0.05) is 0 Å². The van der Waals surface area contributed by atoms with Crippen molar-refractivity contribution in [1.29, 1.82) is 0 Å². The molecule has 0 saturated heterocycles. The van der Waals surface area contributed by atoms with Crippen molar-refractivity contribution in [2.75, 3.05) is 0 Å².